The van der Waals surface area contributed by atoms with E-state index in [-0.39, 0.29) is 0 Å². The average molecular weight is 435 g/mol. The maximum atomic E-state index is 6.46. The van der Waals surface area contributed by atoms with Crippen molar-refractivity contribution < 1.29 is 4.74 Å². The lowest BCUT2D eigenvalue weighted by Gasteiger charge is -2.09. The Morgan fingerprint density at radius 2 is 1.77 bits per heavy atom. The van der Waals surface area contributed by atoms with E-state index in [1.807, 2.05) is 53.9 Å². The molecule has 0 saturated carbocycles. The predicted molar refractivity (Wildman–Crippen MR) is 127 cm³/mol. The fraction of sp³-hybridized carbons (Fsp3) is 0.160. The summed E-state index contributed by atoms with van der Waals surface area (Å²) in [5.41, 5.74) is 5.36. The quantitative estimate of drug-likeness (QED) is 0.308. The highest BCUT2D eigenvalue weighted by Gasteiger charge is 2.09. The molecule has 152 valence electrons. The Labute approximate surface area is 186 Å². The van der Waals surface area contributed by atoms with Gasteiger partial charge in [-0.25, -0.2) is 4.98 Å². The summed E-state index contributed by atoms with van der Waals surface area (Å²) >= 11 is 8.03. The van der Waals surface area contributed by atoms with Crippen LogP contribution < -0.4 is 10.1 Å². The van der Waals surface area contributed by atoms with Crippen LogP contribution in [0.3, 0.4) is 0 Å². The lowest BCUT2D eigenvalue weighted by Crippen LogP contribution is -1.95. The Balaban J connectivity index is 1.42. The Kier molecular flexibility index (Phi) is 6.67. The summed E-state index contributed by atoms with van der Waals surface area (Å²) in [5.74, 6) is 0.671. The molecule has 5 heteroatoms. The van der Waals surface area contributed by atoms with Gasteiger partial charge < -0.3 is 10.1 Å². The van der Waals surface area contributed by atoms with Crippen molar-refractivity contribution in [3.05, 3.63) is 94.3 Å². The predicted octanol–water partition coefficient (Wildman–Crippen LogP) is 7.74. The van der Waals surface area contributed by atoms with Crippen molar-refractivity contribution in [3.63, 3.8) is 0 Å². The zero-order chi connectivity index (χ0) is 20.8. The molecule has 3 nitrogen and oxygen atoms in total. The highest BCUT2D eigenvalue weighted by atomic mass is 35.5. The van der Waals surface area contributed by atoms with Gasteiger partial charge in [0.1, 0.15) is 12.4 Å². The van der Waals surface area contributed by atoms with E-state index in [1.54, 1.807) is 11.3 Å². The summed E-state index contributed by atoms with van der Waals surface area (Å²) in [6, 6.07) is 24.4. The third-order valence-corrected chi connectivity index (χ3v) is 5.77. The number of hydrogen-bond acceptors (Lipinski definition) is 4. The van der Waals surface area contributed by atoms with E-state index >= 15 is 0 Å². The second-order valence-electron chi connectivity index (χ2n) is 7.03. The standard InChI is InChI=1S/C25H23ClN2OS/c1-2-6-18-9-12-21(13-10-18)27-25-28-23(17-30-25)20-11-14-24(22(26)15-20)29-16-19-7-4-3-5-8-19/h3-5,7-15,17H,2,6,16H2,1H3,(H,27,28). The molecule has 0 amide bonds. The lowest BCUT2D eigenvalue weighted by molar-refractivity contribution is 0.306. The van der Waals surface area contributed by atoms with Crippen LogP contribution in [0.5, 0.6) is 5.75 Å². The minimum atomic E-state index is 0.488. The topological polar surface area (TPSA) is 34.2 Å². The monoisotopic (exact) mass is 434 g/mol. The normalized spacial score (nSPS) is 10.7. The minimum Gasteiger partial charge on any atom is -0.487 e. The van der Waals surface area contributed by atoms with Gasteiger partial charge >= 0.3 is 0 Å². The molecule has 0 aliphatic rings. The molecule has 0 aliphatic heterocycles. The smallest absolute Gasteiger partial charge is 0.187 e. The van der Waals surface area contributed by atoms with Crippen LogP contribution in [0.4, 0.5) is 10.8 Å². The number of anilines is 2. The van der Waals surface area contributed by atoms with Crippen molar-refractivity contribution in [2.24, 2.45) is 0 Å². The molecular weight excluding hydrogens is 412 g/mol. The SMILES string of the molecule is CCCc1ccc(Nc2nc(-c3ccc(OCc4ccccc4)c(Cl)c3)cs2)cc1. The van der Waals surface area contributed by atoms with E-state index in [0.717, 1.165) is 40.5 Å². The van der Waals surface area contributed by atoms with E-state index in [4.69, 9.17) is 21.3 Å². The Morgan fingerprint density at radius 1 is 0.967 bits per heavy atom. The number of nitrogens with one attached hydrogen (secondary N) is 1. The van der Waals surface area contributed by atoms with E-state index < -0.39 is 0 Å². The van der Waals surface area contributed by atoms with Gasteiger partial charge in [-0.3, -0.25) is 0 Å². The Hall–Kier alpha value is -2.82. The molecule has 0 bridgehead atoms. The molecule has 0 fully saturated rings. The largest absolute Gasteiger partial charge is 0.487 e. The number of aromatic nitrogens is 1. The number of thiazole rings is 1. The third-order valence-electron chi connectivity index (χ3n) is 4.71. The lowest BCUT2D eigenvalue weighted by atomic mass is 10.1. The number of ether oxygens (including phenoxy) is 1. The van der Waals surface area contributed by atoms with Gasteiger partial charge in [0.15, 0.2) is 5.13 Å². The van der Waals surface area contributed by atoms with Crippen molar-refractivity contribution in [2.45, 2.75) is 26.4 Å². The highest BCUT2D eigenvalue weighted by molar-refractivity contribution is 7.14. The Bertz CT molecular complexity index is 1090. The Morgan fingerprint density at radius 3 is 2.50 bits per heavy atom. The molecule has 0 atom stereocenters. The number of halogens is 1. The van der Waals surface area contributed by atoms with Crippen molar-refractivity contribution in [2.75, 3.05) is 5.32 Å². The molecular formula is C25H23ClN2OS. The second kappa shape index (κ2) is 9.79. The van der Waals surface area contributed by atoms with Gasteiger partial charge in [0.2, 0.25) is 0 Å². The first-order chi connectivity index (χ1) is 14.7. The van der Waals surface area contributed by atoms with Crippen molar-refractivity contribution in [3.8, 4) is 17.0 Å². The van der Waals surface area contributed by atoms with Gasteiger partial charge in [-0.15, -0.1) is 11.3 Å². The third kappa shape index (κ3) is 5.21. The fourth-order valence-electron chi connectivity index (χ4n) is 3.14. The van der Waals surface area contributed by atoms with Gasteiger partial charge in [0.25, 0.3) is 0 Å². The van der Waals surface area contributed by atoms with Crippen LogP contribution in [0.1, 0.15) is 24.5 Å². The molecule has 0 radical (unpaired) electrons. The number of rotatable bonds is 8. The molecule has 4 aromatic rings. The minimum absolute atomic E-state index is 0.488. The fourth-order valence-corrected chi connectivity index (χ4v) is 4.12. The van der Waals surface area contributed by atoms with E-state index in [9.17, 15) is 0 Å². The molecule has 4 rings (SSSR count). The van der Waals surface area contributed by atoms with Crippen molar-refractivity contribution >= 4 is 33.8 Å². The number of aryl methyl sites for hydroxylation is 1. The van der Waals surface area contributed by atoms with Crippen LogP contribution in [0.2, 0.25) is 5.02 Å². The first-order valence-corrected chi connectivity index (χ1v) is 11.2. The van der Waals surface area contributed by atoms with Crippen LogP contribution in [0, 0.1) is 0 Å². The number of nitrogens with zero attached hydrogens (tertiary/aromatic N) is 1. The molecule has 0 spiro atoms. The summed E-state index contributed by atoms with van der Waals surface area (Å²) in [4.78, 5) is 4.71. The molecule has 0 saturated heterocycles. The van der Waals surface area contributed by atoms with E-state index in [0.29, 0.717) is 17.4 Å². The van der Waals surface area contributed by atoms with Crippen LogP contribution in [0.15, 0.2) is 78.2 Å². The van der Waals surface area contributed by atoms with Gasteiger partial charge in [0, 0.05) is 16.6 Å². The molecule has 3 aromatic carbocycles. The van der Waals surface area contributed by atoms with Crippen LogP contribution in [0.25, 0.3) is 11.3 Å². The van der Waals surface area contributed by atoms with Gasteiger partial charge in [-0.1, -0.05) is 67.4 Å². The number of benzene rings is 3. The van der Waals surface area contributed by atoms with Crippen LogP contribution in [-0.4, -0.2) is 4.98 Å². The van der Waals surface area contributed by atoms with Crippen molar-refractivity contribution in [1.29, 1.82) is 0 Å². The van der Waals surface area contributed by atoms with Crippen LogP contribution in [-0.2, 0) is 13.0 Å². The zero-order valence-electron chi connectivity index (χ0n) is 16.8. The summed E-state index contributed by atoms with van der Waals surface area (Å²) in [7, 11) is 0. The van der Waals surface area contributed by atoms with Gasteiger partial charge in [-0.05, 0) is 47.9 Å². The van der Waals surface area contributed by atoms with E-state index in [2.05, 4.69) is 36.5 Å². The summed E-state index contributed by atoms with van der Waals surface area (Å²) in [6.45, 7) is 2.68. The maximum absolute atomic E-state index is 6.46. The summed E-state index contributed by atoms with van der Waals surface area (Å²) in [5, 5.41) is 6.85. The van der Waals surface area contributed by atoms with Crippen molar-refractivity contribution in [1.82, 2.24) is 4.98 Å². The first-order valence-electron chi connectivity index (χ1n) is 9.99. The molecule has 1 aromatic heterocycles. The van der Waals surface area contributed by atoms with Gasteiger partial charge in [-0.2, -0.15) is 0 Å². The van der Waals surface area contributed by atoms with Crippen LogP contribution >= 0.6 is 22.9 Å². The maximum Gasteiger partial charge on any atom is 0.187 e. The summed E-state index contributed by atoms with van der Waals surface area (Å²) in [6.07, 6.45) is 2.26. The molecule has 0 aliphatic carbocycles. The first kappa shape index (κ1) is 20.5. The highest BCUT2D eigenvalue weighted by Crippen LogP contribution is 2.33. The molecule has 0 unspecified atom stereocenters. The summed E-state index contributed by atoms with van der Waals surface area (Å²) < 4.78 is 5.86. The molecule has 1 heterocycles. The average Bonchev–Trinajstić information content (AvgIpc) is 3.24. The molecule has 1 N–H and O–H groups in total. The van der Waals surface area contributed by atoms with E-state index in [1.165, 1.54) is 5.56 Å². The number of hydrogen-bond donors (Lipinski definition) is 1. The second-order valence-corrected chi connectivity index (χ2v) is 8.29. The molecule has 30 heavy (non-hydrogen) atoms. The zero-order valence-corrected chi connectivity index (χ0v) is 18.3. The van der Waals surface area contributed by atoms with Gasteiger partial charge in [0.05, 0.1) is 10.7 Å².